The van der Waals surface area contributed by atoms with Crippen LogP contribution in [0.4, 0.5) is 8.78 Å². The number of nitrogens with zero attached hydrogens (tertiary/aromatic N) is 2. The smallest absolute Gasteiger partial charge is 0.168 e. The van der Waals surface area contributed by atoms with Gasteiger partial charge >= 0.3 is 0 Å². The molecular weight excluding hydrogens is 342 g/mol. The quantitative estimate of drug-likeness (QED) is 0.372. The molecule has 0 unspecified atom stereocenters. The average molecular weight is 356 g/mol. The van der Waals surface area contributed by atoms with Crippen molar-refractivity contribution in [2.24, 2.45) is 0 Å². The molecule has 0 amide bonds. The van der Waals surface area contributed by atoms with Crippen LogP contribution in [-0.4, -0.2) is 9.55 Å². The first-order valence-electron chi connectivity index (χ1n) is 8.63. The standard InChI is InChI=1S/C23H14F2N2/c24-19-9-5-8-18(23(19)25)20-14-15(12-13-26-20)27-21-10-3-1-6-16(21)17-7-2-4-11-22(17)27/h1-14H. The van der Waals surface area contributed by atoms with Gasteiger partial charge in [-0.15, -0.1) is 0 Å². The molecule has 0 aliphatic rings. The van der Waals surface area contributed by atoms with Crippen LogP contribution in [0.3, 0.4) is 0 Å². The number of aromatic nitrogens is 2. The number of halogens is 2. The van der Waals surface area contributed by atoms with Crippen molar-refractivity contribution in [1.29, 1.82) is 0 Å². The second kappa shape index (κ2) is 6.02. The SMILES string of the molecule is Fc1cccc(-c2cc(-n3c4ccccc4c4ccccc43)ccn2)c1F. The fraction of sp³-hybridized carbons (Fsp3) is 0. The van der Waals surface area contributed by atoms with E-state index in [9.17, 15) is 8.78 Å². The minimum atomic E-state index is -0.885. The molecule has 0 atom stereocenters. The molecule has 5 rings (SSSR count). The normalized spacial score (nSPS) is 11.3. The molecule has 0 aliphatic heterocycles. The number of fused-ring (bicyclic) bond motifs is 3. The largest absolute Gasteiger partial charge is 0.309 e. The minimum Gasteiger partial charge on any atom is -0.309 e. The Morgan fingerprint density at radius 2 is 1.37 bits per heavy atom. The minimum absolute atomic E-state index is 0.151. The van der Waals surface area contributed by atoms with Crippen LogP contribution < -0.4 is 0 Å². The molecule has 2 nitrogen and oxygen atoms in total. The van der Waals surface area contributed by atoms with E-state index in [-0.39, 0.29) is 5.56 Å². The second-order valence-corrected chi connectivity index (χ2v) is 6.37. The Kier molecular flexibility index (Phi) is 3.50. The van der Waals surface area contributed by atoms with Crippen LogP contribution in [-0.2, 0) is 0 Å². The summed E-state index contributed by atoms with van der Waals surface area (Å²) in [5, 5.41) is 2.28. The molecule has 0 spiro atoms. The molecular formula is C23H14F2N2. The maximum absolute atomic E-state index is 14.2. The van der Waals surface area contributed by atoms with Crippen molar-refractivity contribution < 1.29 is 8.78 Å². The van der Waals surface area contributed by atoms with Gasteiger partial charge in [0.15, 0.2) is 11.6 Å². The van der Waals surface area contributed by atoms with E-state index in [1.54, 1.807) is 12.3 Å². The molecule has 2 aromatic heterocycles. The van der Waals surface area contributed by atoms with Crippen LogP contribution in [0.2, 0.25) is 0 Å². The first-order valence-corrected chi connectivity index (χ1v) is 8.63. The lowest BCUT2D eigenvalue weighted by Gasteiger charge is -2.10. The summed E-state index contributed by atoms with van der Waals surface area (Å²) in [5.41, 5.74) is 3.50. The van der Waals surface area contributed by atoms with Crippen LogP contribution in [0.5, 0.6) is 0 Å². The average Bonchev–Trinajstić information content (AvgIpc) is 3.05. The fourth-order valence-corrected chi connectivity index (χ4v) is 3.61. The van der Waals surface area contributed by atoms with Crippen molar-refractivity contribution in [3.8, 4) is 16.9 Å². The molecule has 130 valence electrons. The van der Waals surface area contributed by atoms with Crippen LogP contribution in [0.25, 0.3) is 38.8 Å². The molecule has 2 heterocycles. The maximum Gasteiger partial charge on any atom is 0.168 e. The van der Waals surface area contributed by atoms with E-state index >= 15 is 0 Å². The van der Waals surface area contributed by atoms with Crippen LogP contribution in [0, 0.1) is 11.6 Å². The van der Waals surface area contributed by atoms with Crippen molar-refractivity contribution in [1.82, 2.24) is 9.55 Å². The molecule has 5 aromatic rings. The lowest BCUT2D eigenvalue weighted by molar-refractivity contribution is 0.511. The van der Waals surface area contributed by atoms with Gasteiger partial charge in [-0.3, -0.25) is 4.98 Å². The van der Waals surface area contributed by atoms with Crippen molar-refractivity contribution in [2.75, 3.05) is 0 Å². The highest BCUT2D eigenvalue weighted by atomic mass is 19.2. The maximum atomic E-state index is 14.2. The van der Waals surface area contributed by atoms with Gasteiger partial charge in [0, 0.05) is 28.2 Å². The monoisotopic (exact) mass is 356 g/mol. The zero-order chi connectivity index (χ0) is 18.4. The predicted octanol–water partition coefficient (Wildman–Crippen LogP) is 6.12. The molecule has 0 radical (unpaired) electrons. The molecule has 0 saturated carbocycles. The molecule has 0 N–H and O–H groups in total. The molecule has 0 bridgehead atoms. The Morgan fingerprint density at radius 3 is 2.07 bits per heavy atom. The van der Waals surface area contributed by atoms with Gasteiger partial charge in [0.05, 0.1) is 16.7 Å². The Balaban J connectivity index is 1.80. The molecule has 0 saturated heterocycles. The highest BCUT2D eigenvalue weighted by Gasteiger charge is 2.14. The molecule has 3 aromatic carbocycles. The summed E-state index contributed by atoms with van der Waals surface area (Å²) >= 11 is 0. The van der Waals surface area contributed by atoms with Crippen molar-refractivity contribution in [3.05, 3.63) is 96.7 Å². The zero-order valence-corrected chi connectivity index (χ0v) is 14.2. The number of hydrogen-bond acceptors (Lipinski definition) is 1. The summed E-state index contributed by atoms with van der Waals surface area (Å²) in [6.45, 7) is 0. The summed E-state index contributed by atoms with van der Waals surface area (Å²) < 4.78 is 30.0. The van der Waals surface area contributed by atoms with E-state index in [0.29, 0.717) is 5.69 Å². The third kappa shape index (κ3) is 2.41. The number of hydrogen-bond donors (Lipinski definition) is 0. The number of rotatable bonds is 2. The van der Waals surface area contributed by atoms with Gasteiger partial charge in [0.1, 0.15) is 0 Å². The van der Waals surface area contributed by atoms with Crippen molar-refractivity contribution in [3.63, 3.8) is 0 Å². The summed E-state index contributed by atoms with van der Waals surface area (Å²) in [6, 6.07) is 24.1. The lowest BCUT2D eigenvalue weighted by atomic mass is 10.1. The highest BCUT2D eigenvalue weighted by Crippen LogP contribution is 2.33. The Hall–Kier alpha value is -3.53. The Labute approximate surface area is 154 Å². The summed E-state index contributed by atoms with van der Waals surface area (Å²) in [4.78, 5) is 4.26. The van der Waals surface area contributed by atoms with Gasteiger partial charge in [-0.25, -0.2) is 8.78 Å². The van der Waals surface area contributed by atoms with Crippen LogP contribution in [0.15, 0.2) is 85.1 Å². The van der Waals surface area contributed by atoms with E-state index < -0.39 is 11.6 Å². The van der Waals surface area contributed by atoms with Crippen LogP contribution in [0.1, 0.15) is 0 Å². The molecule has 0 fully saturated rings. The number of pyridine rings is 1. The summed E-state index contributed by atoms with van der Waals surface area (Å²) in [7, 11) is 0. The van der Waals surface area contributed by atoms with E-state index in [2.05, 4.69) is 33.8 Å². The van der Waals surface area contributed by atoms with Gasteiger partial charge in [0.2, 0.25) is 0 Å². The highest BCUT2D eigenvalue weighted by molar-refractivity contribution is 6.09. The number of benzene rings is 3. The van der Waals surface area contributed by atoms with Crippen molar-refractivity contribution in [2.45, 2.75) is 0 Å². The topological polar surface area (TPSA) is 17.8 Å². The van der Waals surface area contributed by atoms with Crippen molar-refractivity contribution >= 4 is 21.8 Å². The molecule has 4 heteroatoms. The fourth-order valence-electron chi connectivity index (χ4n) is 3.61. The van der Waals surface area contributed by atoms with Crippen LogP contribution >= 0.6 is 0 Å². The van der Waals surface area contributed by atoms with E-state index in [4.69, 9.17) is 0 Å². The molecule has 0 aliphatic carbocycles. The second-order valence-electron chi connectivity index (χ2n) is 6.37. The van der Waals surface area contributed by atoms with E-state index in [0.717, 1.165) is 33.6 Å². The van der Waals surface area contributed by atoms with Gasteiger partial charge < -0.3 is 4.57 Å². The third-order valence-corrected chi connectivity index (χ3v) is 4.81. The first kappa shape index (κ1) is 15.7. The zero-order valence-electron chi connectivity index (χ0n) is 14.2. The first-order chi connectivity index (χ1) is 13.2. The van der Waals surface area contributed by atoms with Gasteiger partial charge in [-0.1, -0.05) is 42.5 Å². The Bertz CT molecular complexity index is 1250. The van der Waals surface area contributed by atoms with Gasteiger partial charge in [-0.2, -0.15) is 0 Å². The van der Waals surface area contributed by atoms with Gasteiger partial charge in [0.25, 0.3) is 0 Å². The summed E-state index contributed by atoms with van der Waals surface area (Å²) in [6.07, 6.45) is 1.62. The predicted molar refractivity (Wildman–Crippen MR) is 104 cm³/mol. The third-order valence-electron chi connectivity index (χ3n) is 4.81. The van der Waals surface area contributed by atoms with E-state index in [1.807, 2.05) is 30.3 Å². The molecule has 27 heavy (non-hydrogen) atoms. The van der Waals surface area contributed by atoms with E-state index in [1.165, 1.54) is 12.1 Å². The lowest BCUT2D eigenvalue weighted by Crippen LogP contribution is -1.97. The van der Waals surface area contributed by atoms with Gasteiger partial charge in [-0.05, 0) is 36.4 Å². The summed E-state index contributed by atoms with van der Waals surface area (Å²) in [5.74, 6) is -1.76. The number of para-hydroxylation sites is 2. The Morgan fingerprint density at radius 1 is 0.704 bits per heavy atom.